The van der Waals surface area contributed by atoms with Gasteiger partial charge in [-0.1, -0.05) is 6.92 Å². The summed E-state index contributed by atoms with van der Waals surface area (Å²) in [5.41, 5.74) is -0.0774. The number of nitro groups is 1. The van der Waals surface area contributed by atoms with Gasteiger partial charge in [-0.2, -0.15) is 0 Å². The van der Waals surface area contributed by atoms with Gasteiger partial charge in [0.2, 0.25) is 11.6 Å². The number of nitrogens with zero attached hydrogens (tertiary/aromatic N) is 4. The van der Waals surface area contributed by atoms with Gasteiger partial charge in [0.05, 0.1) is 11.0 Å². The van der Waals surface area contributed by atoms with Gasteiger partial charge in [0.15, 0.2) is 0 Å². The molecule has 8 heteroatoms. The second kappa shape index (κ2) is 7.16. The molecule has 1 fully saturated rings. The van der Waals surface area contributed by atoms with Crippen molar-refractivity contribution in [3.63, 3.8) is 0 Å². The van der Waals surface area contributed by atoms with Crippen molar-refractivity contribution in [3.05, 3.63) is 16.4 Å². The highest BCUT2D eigenvalue weighted by atomic mass is 16.6. The van der Waals surface area contributed by atoms with Crippen LogP contribution in [0.15, 0.2) is 6.33 Å². The normalized spacial score (nSPS) is 17.7. The molecule has 2 rings (SSSR count). The largest absolute Gasteiger partial charge is 0.376 e. The lowest BCUT2D eigenvalue weighted by molar-refractivity contribution is -0.383. The van der Waals surface area contributed by atoms with Gasteiger partial charge in [-0.05, 0) is 19.3 Å². The molecule has 0 amide bonds. The molecule has 2 heterocycles. The third-order valence-corrected chi connectivity index (χ3v) is 3.39. The Bertz CT molecular complexity index is 491. The first-order valence-corrected chi connectivity index (χ1v) is 7.19. The van der Waals surface area contributed by atoms with Crippen LogP contribution in [-0.2, 0) is 4.74 Å². The Labute approximate surface area is 123 Å². The lowest BCUT2D eigenvalue weighted by Crippen LogP contribution is -2.30. The molecule has 1 aliphatic rings. The summed E-state index contributed by atoms with van der Waals surface area (Å²) < 4.78 is 5.57. The summed E-state index contributed by atoms with van der Waals surface area (Å²) in [6, 6.07) is 0. The molecule has 1 aromatic heterocycles. The number of ether oxygens (including phenoxy) is 1. The zero-order valence-electron chi connectivity index (χ0n) is 12.4. The van der Waals surface area contributed by atoms with Crippen LogP contribution in [0.25, 0.3) is 0 Å². The van der Waals surface area contributed by atoms with Gasteiger partial charge in [-0.3, -0.25) is 10.1 Å². The predicted octanol–water partition coefficient (Wildman–Crippen LogP) is 1.82. The maximum Gasteiger partial charge on any atom is 0.353 e. The van der Waals surface area contributed by atoms with Gasteiger partial charge in [-0.15, -0.1) is 0 Å². The van der Waals surface area contributed by atoms with Gasteiger partial charge in [0.25, 0.3) is 0 Å². The maximum atomic E-state index is 11.4. The summed E-state index contributed by atoms with van der Waals surface area (Å²) in [6.45, 7) is 3.97. The number of aromatic nitrogens is 2. The maximum absolute atomic E-state index is 11.4. The third-order valence-electron chi connectivity index (χ3n) is 3.39. The number of hydrogen-bond donors (Lipinski definition) is 1. The zero-order chi connectivity index (χ0) is 15.2. The van der Waals surface area contributed by atoms with Crippen LogP contribution in [0.2, 0.25) is 0 Å². The molecule has 0 aromatic carbocycles. The van der Waals surface area contributed by atoms with E-state index in [0.29, 0.717) is 18.9 Å². The van der Waals surface area contributed by atoms with E-state index in [1.165, 1.54) is 6.33 Å². The van der Waals surface area contributed by atoms with E-state index in [9.17, 15) is 10.1 Å². The minimum atomic E-state index is -0.431. The molecule has 1 atom stereocenters. The van der Waals surface area contributed by atoms with Crippen LogP contribution < -0.4 is 10.2 Å². The van der Waals surface area contributed by atoms with Gasteiger partial charge in [-0.25, -0.2) is 9.97 Å². The number of hydrogen-bond acceptors (Lipinski definition) is 7. The van der Waals surface area contributed by atoms with Crippen molar-refractivity contribution in [2.24, 2.45) is 0 Å². The molecule has 1 unspecified atom stereocenters. The molecule has 0 saturated carbocycles. The molecule has 0 aliphatic carbocycles. The van der Waals surface area contributed by atoms with Crippen LogP contribution in [0.3, 0.4) is 0 Å². The highest BCUT2D eigenvalue weighted by Crippen LogP contribution is 2.31. The first-order chi connectivity index (χ1) is 10.1. The monoisotopic (exact) mass is 295 g/mol. The van der Waals surface area contributed by atoms with Gasteiger partial charge in [0, 0.05) is 26.7 Å². The number of nitrogens with one attached hydrogen (secondary N) is 1. The van der Waals surface area contributed by atoms with Crippen LogP contribution in [0.4, 0.5) is 17.3 Å². The number of rotatable bonds is 7. The van der Waals surface area contributed by atoms with Gasteiger partial charge < -0.3 is 15.0 Å². The summed E-state index contributed by atoms with van der Waals surface area (Å²) in [5.74, 6) is 0.593. The van der Waals surface area contributed by atoms with Crippen molar-refractivity contribution in [1.82, 2.24) is 9.97 Å². The molecule has 0 bridgehead atoms. The Morgan fingerprint density at radius 1 is 1.57 bits per heavy atom. The first kappa shape index (κ1) is 15.4. The quantitative estimate of drug-likeness (QED) is 0.605. The van der Waals surface area contributed by atoms with E-state index < -0.39 is 4.92 Å². The van der Waals surface area contributed by atoms with Crippen LogP contribution in [0.5, 0.6) is 0 Å². The second-order valence-corrected chi connectivity index (χ2v) is 5.09. The Hall–Kier alpha value is -1.96. The summed E-state index contributed by atoms with van der Waals surface area (Å²) in [4.78, 5) is 20.8. The van der Waals surface area contributed by atoms with Gasteiger partial charge in [0.1, 0.15) is 6.33 Å². The fourth-order valence-corrected chi connectivity index (χ4v) is 2.37. The summed E-state index contributed by atoms with van der Waals surface area (Å²) in [6.07, 6.45) is 4.34. The molecule has 21 heavy (non-hydrogen) atoms. The average molecular weight is 295 g/mol. The second-order valence-electron chi connectivity index (χ2n) is 5.09. The number of anilines is 2. The predicted molar refractivity (Wildman–Crippen MR) is 79.7 cm³/mol. The third kappa shape index (κ3) is 3.78. The number of likely N-dealkylation sites (N-methyl/N-ethyl adjacent to an activating group) is 1. The van der Waals surface area contributed by atoms with Crippen LogP contribution >= 0.6 is 0 Å². The molecule has 1 saturated heterocycles. The van der Waals surface area contributed by atoms with Crippen molar-refractivity contribution in [2.45, 2.75) is 32.3 Å². The molecule has 1 aromatic rings. The average Bonchev–Trinajstić information content (AvgIpc) is 2.97. The highest BCUT2D eigenvalue weighted by molar-refractivity contribution is 5.70. The van der Waals surface area contributed by atoms with E-state index in [0.717, 1.165) is 25.9 Å². The molecule has 1 N–H and O–H groups in total. The summed E-state index contributed by atoms with van der Waals surface area (Å²) in [7, 11) is 1.79. The highest BCUT2D eigenvalue weighted by Gasteiger charge is 2.27. The molecule has 0 spiro atoms. The molecule has 1 aliphatic heterocycles. The van der Waals surface area contributed by atoms with E-state index in [4.69, 9.17) is 4.74 Å². The summed E-state index contributed by atoms with van der Waals surface area (Å²) in [5, 5.41) is 14.4. The van der Waals surface area contributed by atoms with Crippen LogP contribution in [0, 0.1) is 10.1 Å². The van der Waals surface area contributed by atoms with E-state index in [-0.39, 0.29) is 17.6 Å². The SMILES string of the molecule is CCCNc1ncnc(N(C)CC2CCCO2)c1[N+](=O)[O-]. The van der Waals surface area contributed by atoms with Crippen LogP contribution in [0.1, 0.15) is 26.2 Å². The standard InChI is InChI=1S/C13H21N5O3/c1-3-6-14-12-11(18(19)20)13(16-9-15-12)17(2)8-10-5-4-7-21-10/h9-10H,3-8H2,1-2H3,(H,14,15,16). The zero-order valence-corrected chi connectivity index (χ0v) is 12.4. The minimum Gasteiger partial charge on any atom is -0.376 e. The Kier molecular flexibility index (Phi) is 5.26. The van der Waals surface area contributed by atoms with Crippen molar-refractivity contribution >= 4 is 17.3 Å². The van der Waals surface area contributed by atoms with Gasteiger partial charge >= 0.3 is 5.69 Å². The fraction of sp³-hybridized carbons (Fsp3) is 0.692. The van der Waals surface area contributed by atoms with Crippen molar-refractivity contribution in [2.75, 3.05) is 37.0 Å². The smallest absolute Gasteiger partial charge is 0.353 e. The first-order valence-electron chi connectivity index (χ1n) is 7.19. The van der Waals surface area contributed by atoms with E-state index in [2.05, 4.69) is 15.3 Å². The lowest BCUT2D eigenvalue weighted by atomic mass is 10.2. The Morgan fingerprint density at radius 3 is 3.00 bits per heavy atom. The van der Waals surface area contributed by atoms with E-state index in [1.54, 1.807) is 11.9 Å². The topological polar surface area (TPSA) is 93.4 Å². The molecular weight excluding hydrogens is 274 g/mol. The molecule has 116 valence electrons. The van der Waals surface area contributed by atoms with Crippen LogP contribution in [-0.4, -0.2) is 47.7 Å². The molecule has 8 nitrogen and oxygen atoms in total. The summed E-state index contributed by atoms with van der Waals surface area (Å²) >= 11 is 0. The van der Waals surface area contributed by atoms with Crippen molar-refractivity contribution < 1.29 is 9.66 Å². The van der Waals surface area contributed by atoms with Crippen molar-refractivity contribution in [3.8, 4) is 0 Å². The fourth-order valence-electron chi connectivity index (χ4n) is 2.37. The van der Waals surface area contributed by atoms with Crippen molar-refractivity contribution in [1.29, 1.82) is 0 Å². The minimum absolute atomic E-state index is 0.0774. The Morgan fingerprint density at radius 2 is 2.38 bits per heavy atom. The van der Waals surface area contributed by atoms with E-state index in [1.807, 2.05) is 6.92 Å². The molecular formula is C13H21N5O3. The molecule has 0 radical (unpaired) electrons. The van der Waals surface area contributed by atoms with E-state index >= 15 is 0 Å². The lowest BCUT2D eigenvalue weighted by Gasteiger charge is -2.21. The Balaban J connectivity index is 2.21.